The van der Waals surface area contributed by atoms with E-state index in [0.29, 0.717) is 0 Å². The predicted molar refractivity (Wildman–Crippen MR) is 72.9 cm³/mol. The van der Waals surface area contributed by atoms with Crippen LogP contribution in [0.1, 0.15) is 6.92 Å². The van der Waals surface area contributed by atoms with E-state index in [4.69, 9.17) is 0 Å². The van der Waals surface area contributed by atoms with Gasteiger partial charge in [0.2, 0.25) is 5.91 Å². The van der Waals surface area contributed by atoms with Gasteiger partial charge in [0.15, 0.2) is 0 Å². The van der Waals surface area contributed by atoms with Gasteiger partial charge in [0.1, 0.15) is 0 Å². The van der Waals surface area contributed by atoms with Crippen LogP contribution in [0.3, 0.4) is 0 Å². The first kappa shape index (κ1) is 11.8. The zero-order valence-corrected chi connectivity index (χ0v) is 10.5. The molecule has 0 aliphatic heterocycles. The minimum atomic E-state index is -0.790. The molecule has 0 saturated heterocycles. The highest BCUT2D eigenvalue weighted by Crippen LogP contribution is 2.27. The smallest absolute Gasteiger partial charge is 0.220 e. The second-order valence-corrected chi connectivity index (χ2v) is 5.60. The van der Waals surface area contributed by atoms with Crippen LogP contribution < -0.4 is 15.7 Å². The van der Waals surface area contributed by atoms with E-state index in [0.717, 1.165) is 10.6 Å². The van der Waals surface area contributed by atoms with Crippen molar-refractivity contribution in [3.05, 3.63) is 60.7 Å². The fraction of sp³-hybridized carbons (Fsp3) is 0.0714. The summed E-state index contributed by atoms with van der Waals surface area (Å²) < 4.78 is 0. The molecule has 1 N–H and O–H groups in total. The maximum absolute atomic E-state index is 11.3. The van der Waals surface area contributed by atoms with E-state index < -0.39 is 8.07 Å². The maximum Gasteiger partial charge on any atom is 0.220 e. The lowest BCUT2D eigenvalue weighted by atomic mass is 10.4. The van der Waals surface area contributed by atoms with Crippen LogP contribution in [0.25, 0.3) is 0 Å². The molecule has 0 saturated carbocycles. The Balaban J connectivity index is 2.36. The molecule has 0 radical (unpaired) electrons. The maximum atomic E-state index is 11.3. The van der Waals surface area contributed by atoms with E-state index in [1.807, 2.05) is 36.4 Å². The van der Waals surface area contributed by atoms with E-state index >= 15 is 0 Å². The third-order valence-corrected chi connectivity index (χ3v) is 4.47. The van der Waals surface area contributed by atoms with Gasteiger partial charge >= 0.3 is 0 Å². The van der Waals surface area contributed by atoms with E-state index in [-0.39, 0.29) is 5.91 Å². The fourth-order valence-electron chi connectivity index (χ4n) is 1.59. The lowest BCUT2D eigenvalue weighted by Crippen LogP contribution is -2.26. The largest absolute Gasteiger partial charge is 0.328 e. The molecule has 1 amide bonds. The zero-order chi connectivity index (χ0) is 12.1. The van der Waals surface area contributed by atoms with Crippen LogP contribution >= 0.6 is 8.07 Å². The first-order chi connectivity index (χ1) is 8.27. The van der Waals surface area contributed by atoms with Gasteiger partial charge in [-0.1, -0.05) is 60.7 Å². The molecule has 2 aromatic rings. The molecule has 86 valence electrons. The Morgan fingerprint density at radius 2 is 1.29 bits per heavy atom. The van der Waals surface area contributed by atoms with E-state index in [9.17, 15) is 4.79 Å². The van der Waals surface area contributed by atoms with Crippen LogP contribution in [0.5, 0.6) is 0 Å². The SMILES string of the molecule is CC(=O)NP(c1ccccc1)c1ccccc1. The van der Waals surface area contributed by atoms with Crippen molar-refractivity contribution in [3.63, 3.8) is 0 Å². The monoisotopic (exact) mass is 243 g/mol. The number of benzene rings is 2. The molecular formula is C14H14NOP. The summed E-state index contributed by atoms with van der Waals surface area (Å²) in [4.78, 5) is 11.3. The second kappa shape index (κ2) is 5.60. The molecule has 0 spiro atoms. The van der Waals surface area contributed by atoms with Crippen LogP contribution in [0, 0.1) is 0 Å². The van der Waals surface area contributed by atoms with Crippen LogP contribution in [-0.2, 0) is 4.79 Å². The molecule has 3 heteroatoms. The normalized spacial score (nSPS) is 10.2. The molecule has 2 aromatic carbocycles. The number of hydrogen-bond donors (Lipinski definition) is 1. The number of amides is 1. The molecule has 2 rings (SSSR count). The van der Waals surface area contributed by atoms with Gasteiger partial charge in [0.25, 0.3) is 0 Å². The fourth-order valence-corrected chi connectivity index (χ4v) is 3.40. The van der Waals surface area contributed by atoms with Gasteiger partial charge < -0.3 is 5.09 Å². The van der Waals surface area contributed by atoms with Gasteiger partial charge in [-0.2, -0.15) is 0 Å². The van der Waals surface area contributed by atoms with Crippen LogP contribution in [-0.4, -0.2) is 5.91 Å². The molecular weight excluding hydrogens is 229 g/mol. The molecule has 0 heterocycles. The average Bonchev–Trinajstić information content (AvgIpc) is 2.38. The highest BCUT2D eigenvalue weighted by Gasteiger charge is 2.14. The lowest BCUT2D eigenvalue weighted by molar-refractivity contribution is -0.117. The van der Waals surface area contributed by atoms with Gasteiger partial charge in [-0.3, -0.25) is 4.79 Å². The van der Waals surface area contributed by atoms with Crippen molar-refractivity contribution in [2.24, 2.45) is 0 Å². The van der Waals surface area contributed by atoms with E-state index in [2.05, 4.69) is 29.4 Å². The summed E-state index contributed by atoms with van der Waals surface area (Å²) in [6, 6.07) is 20.1. The van der Waals surface area contributed by atoms with E-state index in [1.165, 1.54) is 0 Å². The van der Waals surface area contributed by atoms with Gasteiger partial charge in [-0.05, 0) is 0 Å². The zero-order valence-electron chi connectivity index (χ0n) is 9.63. The molecule has 17 heavy (non-hydrogen) atoms. The number of nitrogens with one attached hydrogen (secondary N) is 1. The van der Waals surface area contributed by atoms with Crippen molar-refractivity contribution < 1.29 is 4.79 Å². The summed E-state index contributed by atoms with van der Waals surface area (Å²) in [6.45, 7) is 1.56. The second-order valence-electron chi connectivity index (χ2n) is 3.67. The van der Waals surface area contributed by atoms with Gasteiger partial charge in [0.05, 0.1) is 8.07 Å². The lowest BCUT2D eigenvalue weighted by Gasteiger charge is -2.18. The van der Waals surface area contributed by atoms with Crippen LogP contribution in [0.4, 0.5) is 0 Å². The molecule has 2 nitrogen and oxygen atoms in total. The van der Waals surface area contributed by atoms with Crippen molar-refractivity contribution in [1.29, 1.82) is 0 Å². The highest BCUT2D eigenvalue weighted by molar-refractivity contribution is 7.71. The van der Waals surface area contributed by atoms with E-state index in [1.54, 1.807) is 6.92 Å². The minimum absolute atomic E-state index is 0.00353. The van der Waals surface area contributed by atoms with Crippen molar-refractivity contribution in [2.45, 2.75) is 6.92 Å². The number of carbonyl (C=O) groups is 1. The quantitative estimate of drug-likeness (QED) is 0.822. The Morgan fingerprint density at radius 3 is 1.65 bits per heavy atom. The Bertz CT molecular complexity index is 445. The Labute approximate surface area is 102 Å². The Hall–Kier alpha value is -1.66. The standard InChI is InChI=1S/C14H14NOP/c1-12(16)15-17(13-8-4-2-5-9-13)14-10-6-3-7-11-14/h2-11H,1H3,(H,15,16). The molecule has 0 aliphatic rings. The van der Waals surface area contributed by atoms with Gasteiger partial charge in [0, 0.05) is 17.5 Å². The number of rotatable bonds is 3. The average molecular weight is 243 g/mol. The van der Waals surface area contributed by atoms with Crippen molar-refractivity contribution in [2.75, 3.05) is 0 Å². The summed E-state index contributed by atoms with van der Waals surface area (Å²) in [5.41, 5.74) is 0. The molecule has 0 unspecified atom stereocenters. The highest BCUT2D eigenvalue weighted by atomic mass is 31.1. The third-order valence-electron chi connectivity index (χ3n) is 2.30. The molecule has 0 bridgehead atoms. The first-order valence-electron chi connectivity index (χ1n) is 5.45. The Morgan fingerprint density at radius 1 is 0.882 bits per heavy atom. The topological polar surface area (TPSA) is 29.1 Å². The van der Waals surface area contributed by atoms with Crippen molar-refractivity contribution >= 4 is 24.6 Å². The number of hydrogen-bond acceptors (Lipinski definition) is 1. The first-order valence-corrected chi connectivity index (χ1v) is 6.79. The number of carbonyl (C=O) groups excluding carboxylic acids is 1. The summed E-state index contributed by atoms with van der Waals surface area (Å²) in [5, 5.41) is 5.35. The van der Waals surface area contributed by atoms with Crippen LogP contribution in [0.2, 0.25) is 0 Å². The van der Waals surface area contributed by atoms with Gasteiger partial charge in [-0.15, -0.1) is 0 Å². The third kappa shape index (κ3) is 3.15. The molecule has 0 atom stereocenters. The van der Waals surface area contributed by atoms with Crippen molar-refractivity contribution in [3.8, 4) is 0 Å². The summed E-state index contributed by atoms with van der Waals surface area (Å²) >= 11 is 0. The summed E-state index contributed by atoms with van der Waals surface area (Å²) in [6.07, 6.45) is 0. The minimum Gasteiger partial charge on any atom is -0.328 e. The van der Waals surface area contributed by atoms with Crippen LogP contribution in [0.15, 0.2) is 60.7 Å². The van der Waals surface area contributed by atoms with Crippen molar-refractivity contribution in [1.82, 2.24) is 5.09 Å². The molecule has 0 aliphatic carbocycles. The molecule has 0 aromatic heterocycles. The summed E-state index contributed by atoms with van der Waals surface area (Å²) in [7, 11) is -0.790. The van der Waals surface area contributed by atoms with Gasteiger partial charge in [-0.25, -0.2) is 0 Å². The Kier molecular flexibility index (Phi) is 3.89. The summed E-state index contributed by atoms with van der Waals surface area (Å²) in [5.74, 6) is 0.00353. The molecule has 0 fully saturated rings. The predicted octanol–water partition coefficient (Wildman–Crippen LogP) is 2.17.